The molecule has 0 amide bonds. The highest BCUT2D eigenvalue weighted by atomic mass is 16.5. The summed E-state index contributed by atoms with van der Waals surface area (Å²) in [5.74, 6) is 0.221. The van der Waals surface area contributed by atoms with Crippen molar-refractivity contribution in [3.05, 3.63) is 11.6 Å². The molecule has 1 aliphatic rings. The van der Waals surface area contributed by atoms with Gasteiger partial charge in [0.1, 0.15) is 0 Å². The summed E-state index contributed by atoms with van der Waals surface area (Å²) in [7, 11) is 0. The summed E-state index contributed by atoms with van der Waals surface area (Å²) in [5.41, 5.74) is 9.55. The minimum absolute atomic E-state index is 0.0850. The average Bonchev–Trinajstić information content (AvgIpc) is 2.56. The van der Waals surface area contributed by atoms with Crippen LogP contribution in [-0.4, -0.2) is 22.5 Å². The van der Waals surface area contributed by atoms with Gasteiger partial charge in [0.05, 0.1) is 6.10 Å². The number of aromatic nitrogens is 2. The molecule has 2 unspecified atom stereocenters. The summed E-state index contributed by atoms with van der Waals surface area (Å²) in [6, 6.07) is -0.0850. The molecule has 0 saturated heterocycles. The van der Waals surface area contributed by atoms with Gasteiger partial charge < -0.3 is 15.4 Å². The number of nitrogen functional groups attached to an aromatic ring is 1. The van der Waals surface area contributed by atoms with E-state index in [4.69, 9.17) is 5.73 Å². The van der Waals surface area contributed by atoms with E-state index in [0.717, 1.165) is 25.7 Å². The lowest BCUT2D eigenvalue weighted by Crippen LogP contribution is -2.41. The van der Waals surface area contributed by atoms with Gasteiger partial charge in [0, 0.05) is 6.04 Å². The van der Waals surface area contributed by atoms with Crippen LogP contribution in [0, 0.1) is 0 Å². The lowest BCUT2D eigenvalue weighted by Gasteiger charge is -2.27. The Balaban J connectivity index is 1.95. The second-order valence-corrected chi connectivity index (χ2v) is 3.56. The number of rotatable bonds is 2. The fourth-order valence-electron chi connectivity index (χ4n) is 1.68. The van der Waals surface area contributed by atoms with Gasteiger partial charge >= 0.3 is 0 Å². The Morgan fingerprint density at radius 1 is 1.57 bits per heavy atom. The molecule has 2 rings (SSSR count). The molecule has 3 N–H and O–H groups in total. The summed E-state index contributed by atoms with van der Waals surface area (Å²) >= 11 is 0. The standard InChI is InChI=1S/C8H14N4O2/c9-8-5-12(11-14-8)10-6-3-1-2-4-7(6)13/h5-7,13H,1-4,9H2. The highest BCUT2D eigenvalue weighted by molar-refractivity contribution is 5.11. The van der Waals surface area contributed by atoms with Crippen molar-refractivity contribution in [2.75, 3.05) is 5.73 Å². The van der Waals surface area contributed by atoms with E-state index in [1.807, 2.05) is 0 Å². The van der Waals surface area contributed by atoms with Gasteiger partial charge in [-0.25, -0.2) is 5.43 Å². The van der Waals surface area contributed by atoms with Crippen molar-refractivity contribution >= 4 is 5.88 Å². The minimum atomic E-state index is -0.367. The molecule has 1 heterocycles. The summed E-state index contributed by atoms with van der Waals surface area (Å²) in [4.78, 5) is 1.29. The van der Waals surface area contributed by atoms with Gasteiger partial charge in [-0.05, 0) is 18.1 Å². The van der Waals surface area contributed by atoms with Crippen LogP contribution in [-0.2, 0) is 0 Å². The van der Waals surface area contributed by atoms with Crippen LogP contribution in [0.15, 0.2) is 10.7 Å². The van der Waals surface area contributed by atoms with E-state index < -0.39 is 0 Å². The highest BCUT2D eigenvalue weighted by Crippen LogP contribution is 2.22. The first kappa shape index (κ1) is 9.26. The second kappa shape index (κ2) is 3.83. The molecule has 1 fully saturated rings. The predicted octanol–water partition coefficient (Wildman–Crippen LogP) is -0.0154. The number of aliphatic hydroxyl groups is 1. The summed E-state index contributed by atoms with van der Waals surface area (Å²) in [6.07, 6.45) is 4.98. The molecule has 1 saturated carbocycles. The van der Waals surface area contributed by atoms with E-state index in [-0.39, 0.29) is 18.0 Å². The predicted molar refractivity (Wildman–Crippen MR) is 48.1 cm³/mol. The molecule has 6 nitrogen and oxygen atoms in total. The van der Waals surface area contributed by atoms with Gasteiger partial charge in [0.15, 0.2) is 0 Å². The van der Waals surface area contributed by atoms with E-state index in [9.17, 15) is 5.11 Å². The van der Waals surface area contributed by atoms with Gasteiger partial charge in [-0.15, -0.1) is 0 Å². The quantitative estimate of drug-likeness (QED) is 0.654. The van der Waals surface area contributed by atoms with Crippen LogP contribution in [0.3, 0.4) is 0 Å². The Hall–Kier alpha value is -1.30. The van der Waals surface area contributed by atoms with Gasteiger partial charge in [-0.2, -0.15) is 0 Å². The molecule has 78 valence electrons. The molecule has 2 atom stereocenters. The van der Waals surface area contributed by atoms with E-state index >= 15 is 0 Å². The van der Waals surface area contributed by atoms with Crippen LogP contribution < -0.4 is 10.5 Å². The Labute approximate surface area is 81.6 Å². The molecule has 1 aromatic heterocycles. The van der Waals surface area contributed by atoms with Crippen molar-refractivity contribution in [2.24, 2.45) is 0 Å². The van der Waals surface area contributed by atoms with Crippen molar-refractivity contribution in [3.63, 3.8) is 0 Å². The zero-order chi connectivity index (χ0) is 9.97. The smallest absolute Gasteiger partial charge is 0.265 e. The first-order chi connectivity index (χ1) is 6.75. The van der Waals surface area contributed by atoms with E-state index in [0.29, 0.717) is 0 Å². The van der Waals surface area contributed by atoms with Crippen LogP contribution in [0.25, 0.3) is 5.43 Å². The topological polar surface area (TPSA) is 90.3 Å². The lowest BCUT2D eigenvalue weighted by molar-refractivity contribution is -0.700. The number of hydrogen-bond acceptors (Lipinski definition) is 4. The van der Waals surface area contributed by atoms with Gasteiger partial charge in [0.25, 0.3) is 12.1 Å². The van der Waals surface area contributed by atoms with E-state index in [1.165, 1.54) is 11.0 Å². The van der Waals surface area contributed by atoms with Crippen LogP contribution in [0.4, 0.5) is 5.88 Å². The average molecular weight is 198 g/mol. The molecule has 0 bridgehead atoms. The Morgan fingerprint density at radius 2 is 2.36 bits per heavy atom. The van der Waals surface area contributed by atoms with Gasteiger partial charge in [0.2, 0.25) is 0 Å². The molecule has 1 aliphatic carbocycles. The number of nitrogens with zero attached hydrogens (tertiary/aromatic N) is 3. The lowest BCUT2D eigenvalue weighted by atomic mass is 9.93. The molecule has 0 radical (unpaired) electrons. The van der Waals surface area contributed by atoms with E-state index in [2.05, 4.69) is 15.2 Å². The highest BCUT2D eigenvalue weighted by Gasteiger charge is 2.23. The summed E-state index contributed by atoms with van der Waals surface area (Å²) in [6.45, 7) is 0. The van der Waals surface area contributed by atoms with Crippen molar-refractivity contribution in [1.82, 2.24) is 5.27 Å². The van der Waals surface area contributed by atoms with Crippen LogP contribution in [0.5, 0.6) is 0 Å². The van der Waals surface area contributed by atoms with Crippen molar-refractivity contribution < 1.29 is 14.4 Å². The van der Waals surface area contributed by atoms with Crippen LogP contribution in [0.2, 0.25) is 0 Å². The molecule has 0 aliphatic heterocycles. The van der Waals surface area contributed by atoms with Crippen molar-refractivity contribution in [3.8, 4) is 0 Å². The SMILES string of the molecule is Nc1c[n+]([N-]C2CCCCC2O)no1. The van der Waals surface area contributed by atoms with E-state index in [1.54, 1.807) is 0 Å². The summed E-state index contributed by atoms with van der Waals surface area (Å²) < 4.78 is 4.66. The molecule has 14 heavy (non-hydrogen) atoms. The number of nitrogens with two attached hydrogens (primary N) is 1. The zero-order valence-electron chi connectivity index (χ0n) is 7.83. The maximum absolute atomic E-state index is 9.64. The number of anilines is 1. The van der Waals surface area contributed by atoms with Crippen LogP contribution >= 0.6 is 0 Å². The fraction of sp³-hybridized carbons (Fsp3) is 0.750. The summed E-state index contributed by atoms with van der Waals surface area (Å²) in [5, 5.41) is 13.2. The van der Waals surface area contributed by atoms with Crippen molar-refractivity contribution in [1.29, 1.82) is 0 Å². The molecule has 1 aromatic rings. The van der Waals surface area contributed by atoms with Gasteiger partial charge in [-0.1, -0.05) is 17.6 Å². The molecular weight excluding hydrogens is 184 g/mol. The third-order valence-corrected chi connectivity index (χ3v) is 2.43. The fourth-order valence-corrected chi connectivity index (χ4v) is 1.68. The molecular formula is C8H14N4O2. The van der Waals surface area contributed by atoms with Gasteiger partial charge in [-0.3, -0.25) is 0 Å². The molecule has 6 heteroatoms. The Morgan fingerprint density at radius 3 is 3.00 bits per heavy atom. The largest absolute Gasteiger partial charge is 0.393 e. The monoisotopic (exact) mass is 198 g/mol. The van der Waals surface area contributed by atoms with Crippen LogP contribution in [0.1, 0.15) is 25.7 Å². The zero-order valence-corrected chi connectivity index (χ0v) is 7.83. The number of hydrogen-bond donors (Lipinski definition) is 2. The Bertz CT molecular complexity index is 301. The minimum Gasteiger partial charge on any atom is -0.393 e. The molecule has 0 spiro atoms. The normalized spacial score (nSPS) is 27.5. The maximum Gasteiger partial charge on any atom is 0.265 e. The molecule has 0 aromatic carbocycles. The third-order valence-electron chi connectivity index (χ3n) is 2.43. The number of aliphatic hydroxyl groups excluding tert-OH is 1. The maximum atomic E-state index is 9.64. The van der Waals surface area contributed by atoms with Crippen molar-refractivity contribution in [2.45, 2.75) is 37.8 Å². The third kappa shape index (κ3) is 1.95. The Kier molecular flexibility index (Phi) is 2.53. The second-order valence-electron chi connectivity index (χ2n) is 3.56. The first-order valence-corrected chi connectivity index (χ1v) is 4.79. The first-order valence-electron chi connectivity index (χ1n) is 4.79.